The van der Waals surface area contributed by atoms with Crippen LogP contribution in [0, 0.1) is 5.92 Å². The lowest BCUT2D eigenvalue weighted by Gasteiger charge is -2.33. The second kappa shape index (κ2) is 6.01. The van der Waals surface area contributed by atoms with Gasteiger partial charge in [0, 0.05) is 25.7 Å². The molecule has 1 aromatic heterocycles. The first kappa shape index (κ1) is 13.1. The molecule has 0 amide bonds. The predicted molar refractivity (Wildman–Crippen MR) is 74.7 cm³/mol. The highest BCUT2D eigenvalue weighted by atomic mass is 15.3. The molecule has 0 spiro atoms. The van der Waals surface area contributed by atoms with Crippen LogP contribution in [0.3, 0.4) is 0 Å². The molecule has 2 aliphatic rings. The standard InChI is InChI=1S/C14H25N5/c1-2-15-13(12-5-3-4-6-12)9-18-7-8-19-11-16-17-14(19)10-18/h11-13,15H,2-10H2,1H3. The molecule has 1 unspecified atom stereocenters. The van der Waals surface area contributed by atoms with Gasteiger partial charge in [-0.25, -0.2) is 0 Å². The largest absolute Gasteiger partial charge is 0.315 e. The minimum absolute atomic E-state index is 0.655. The third-order valence-electron chi connectivity index (χ3n) is 4.61. The van der Waals surface area contributed by atoms with Crippen LogP contribution < -0.4 is 5.32 Å². The van der Waals surface area contributed by atoms with Crippen LogP contribution in [0.2, 0.25) is 0 Å². The van der Waals surface area contributed by atoms with Gasteiger partial charge >= 0.3 is 0 Å². The van der Waals surface area contributed by atoms with Gasteiger partial charge in [0.1, 0.15) is 12.2 Å². The van der Waals surface area contributed by atoms with Crippen LogP contribution in [-0.2, 0) is 13.1 Å². The van der Waals surface area contributed by atoms with Gasteiger partial charge in [-0.2, -0.15) is 0 Å². The summed E-state index contributed by atoms with van der Waals surface area (Å²) in [5, 5.41) is 11.9. The molecule has 1 atom stereocenters. The summed E-state index contributed by atoms with van der Waals surface area (Å²) in [5.74, 6) is 1.99. The molecule has 0 bridgehead atoms. The van der Waals surface area contributed by atoms with Gasteiger partial charge in [-0.1, -0.05) is 19.8 Å². The molecule has 1 aliphatic carbocycles. The monoisotopic (exact) mass is 263 g/mol. The Balaban J connectivity index is 1.59. The molecule has 5 nitrogen and oxygen atoms in total. The summed E-state index contributed by atoms with van der Waals surface area (Å²) in [4.78, 5) is 2.54. The fourth-order valence-corrected chi connectivity index (χ4v) is 3.55. The average molecular weight is 263 g/mol. The lowest BCUT2D eigenvalue weighted by molar-refractivity contribution is 0.172. The second-order valence-corrected chi connectivity index (χ2v) is 5.88. The van der Waals surface area contributed by atoms with E-state index in [9.17, 15) is 0 Å². The number of likely N-dealkylation sites (N-methyl/N-ethyl adjacent to an activating group) is 1. The molecule has 1 aliphatic heterocycles. The highest BCUT2D eigenvalue weighted by Gasteiger charge is 2.27. The molecular formula is C14H25N5. The highest BCUT2D eigenvalue weighted by molar-refractivity contribution is 4.92. The topological polar surface area (TPSA) is 46.0 Å². The Morgan fingerprint density at radius 3 is 3.00 bits per heavy atom. The lowest BCUT2D eigenvalue weighted by Crippen LogP contribution is -2.47. The summed E-state index contributed by atoms with van der Waals surface area (Å²) in [6, 6.07) is 0.655. The van der Waals surface area contributed by atoms with E-state index in [1.54, 1.807) is 0 Å². The zero-order chi connectivity index (χ0) is 13.1. The lowest BCUT2D eigenvalue weighted by atomic mass is 9.97. The van der Waals surface area contributed by atoms with E-state index in [4.69, 9.17) is 0 Å². The zero-order valence-corrected chi connectivity index (χ0v) is 11.9. The summed E-state index contributed by atoms with van der Waals surface area (Å²) in [6.45, 7) is 7.56. The van der Waals surface area contributed by atoms with Gasteiger partial charge in [0.15, 0.2) is 0 Å². The third-order valence-corrected chi connectivity index (χ3v) is 4.61. The van der Waals surface area contributed by atoms with Crippen molar-refractivity contribution in [2.24, 2.45) is 5.92 Å². The van der Waals surface area contributed by atoms with E-state index < -0.39 is 0 Å². The number of fused-ring (bicyclic) bond motifs is 1. The van der Waals surface area contributed by atoms with Gasteiger partial charge < -0.3 is 9.88 Å². The van der Waals surface area contributed by atoms with Crippen LogP contribution >= 0.6 is 0 Å². The Kier molecular flexibility index (Phi) is 4.13. The Bertz CT molecular complexity index is 396. The summed E-state index contributed by atoms with van der Waals surface area (Å²) >= 11 is 0. The van der Waals surface area contributed by atoms with E-state index in [1.807, 2.05) is 6.33 Å². The minimum atomic E-state index is 0.655. The first-order chi connectivity index (χ1) is 9.36. The normalized spacial score (nSPS) is 22.6. The van der Waals surface area contributed by atoms with E-state index in [0.717, 1.165) is 44.5 Å². The number of nitrogens with zero attached hydrogens (tertiary/aromatic N) is 4. The summed E-state index contributed by atoms with van der Waals surface area (Å²) in [7, 11) is 0. The van der Waals surface area contributed by atoms with Crippen molar-refractivity contribution in [3.05, 3.63) is 12.2 Å². The van der Waals surface area contributed by atoms with E-state index >= 15 is 0 Å². The van der Waals surface area contributed by atoms with E-state index in [0.29, 0.717) is 6.04 Å². The molecule has 0 radical (unpaired) electrons. The Labute approximate surface area is 115 Å². The van der Waals surface area contributed by atoms with Crippen LogP contribution in [0.25, 0.3) is 0 Å². The zero-order valence-electron chi connectivity index (χ0n) is 11.9. The molecule has 19 heavy (non-hydrogen) atoms. The molecule has 1 saturated carbocycles. The van der Waals surface area contributed by atoms with E-state index in [2.05, 4.69) is 31.9 Å². The molecule has 2 heterocycles. The highest BCUT2D eigenvalue weighted by Crippen LogP contribution is 2.28. The van der Waals surface area contributed by atoms with Crippen LogP contribution in [-0.4, -0.2) is 45.3 Å². The molecule has 5 heteroatoms. The number of hydrogen-bond donors (Lipinski definition) is 1. The van der Waals surface area contributed by atoms with Crippen molar-refractivity contribution < 1.29 is 0 Å². The van der Waals surface area contributed by atoms with Gasteiger partial charge in [0.25, 0.3) is 0 Å². The second-order valence-electron chi connectivity index (χ2n) is 5.88. The van der Waals surface area contributed by atoms with Gasteiger partial charge in [-0.15, -0.1) is 10.2 Å². The van der Waals surface area contributed by atoms with Crippen molar-refractivity contribution in [3.8, 4) is 0 Å². The number of nitrogens with one attached hydrogen (secondary N) is 1. The Morgan fingerprint density at radius 1 is 1.37 bits per heavy atom. The minimum Gasteiger partial charge on any atom is -0.315 e. The third kappa shape index (κ3) is 2.98. The number of aromatic nitrogens is 3. The maximum absolute atomic E-state index is 4.21. The fraction of sp³-hybridized carbons (Fsp3) is 0.857. The molecule has 1 N–H and O–H groups in total. The molecule has 106 valence electrons. The van der Waals surface area contributed by atoms with Gasteiger partial charge in [0.05, 0.1) is 6.54 Å². The van der Waals surface area contributed by atoms with Crippen LogP contribution in [0.5, 0.6) is 0 Å². The predicted octanol–water partition coefficient (Wildman–Crippen LogP) is 1.26. The number of rotatable bonds is 5. The van der Waals surface area contributed by atoms with Crippen molar-refractivity contribution >= 4 is 0 Å². The van der Waals surface area contributed by atoms with E-state index in [-0.39, 0.29) is 0 Å². The molecule has 0 saturated heterocycles. The van der Waals surface area contributed by atoms with Crippen molar-refractivity contribution in [2.45, 2.75) is 51.7 Å². The Morgan fingerprint density at radius 2 is 2.21 bits per heavy atom. The van der Waals surface area contributed by atoms with Gasteiger partial charge in [-0.05, 0) is 25.3 Å². The van der Waals surface area contributed by atoms with Gasteiger partial charge in [0.2, 0.25) is 0 Å². The summed E-state index contributed by atoms with van der Waals surface area (Å²) < 4.78 is 2.17. The van der Waals surface area contributed by atoms with Crippen LogP contribution in [0.15, 0.2) is 6.33 Å². The fourth-order valence-electron chi connectivity index (χ4n) is 3.55. The smallest absolute Gasteiger partial charge is 0.147 e. The SMILES string of the molecule is CCNC(CN1CCn2cnnc2C1)C1CCCC1. The van der Waals surface area contributed by atoms with Crippen molar-refractivity contribution in [1.82, 2.24) is 25.0 Å². The maximum atomic E-state index is 4.21. The molecule has 1 fully saturated rings. The first-order valence-corrected chi connectivity index (χ1v) is 7.69. The Hall–Kier alpha value is -0.940. The van der Waals surface area contributed by atoms with Crippen molar-refractivity contribution in [1.29, 1.82) is 0 Å². The van der Waals surface area contributed by atoms with Crippen molar-refractivity contribution in [3.63, 3.8) is 0 Å². The molecular weight excluding hydrogens is 238 g/mol. The molecule has 1 aromatic rings. The van der Waals surface area contributed by atoms with E-state index in [1.165, 1.54) is 25.7 Å². The maximum Gasteiger partial charge on any atom is 0.147 e. The van der Waals surface area contributed by atoms with Crippen LogP contribution in [0.1, 0.15) is 38.4 Å². The molecule has 0 aromatic carbocycles. The first-order valence-electron chi connectivity index (χ1n) is 7.69. The average Bonchev–Trinajstić information content (AvgIpc) is 3.09. The number of hydrogen-bond acceptors (Lipinski definition) is 4. The van der Waals surface area contributed by atoms with Crippen molar-refractivity contribution in [2.75, 3.05) is 19.6 Å². The molecule has 3 rings (SSSR count). The summed E-state index contributed by atoms with van der Waals surface area (Å²) in [5.41, 5.74) is 0. The quantitative estimate of drug-likeness (QED) is 0.869. The van der Waals surface area contributed by atoms with Gasteiger partial charge in [-0.3, -0.25) is 4.90 Å². The van der Waals surface area contributed by atoms with Crippen LogP contribution in [0.4, 0.5) is 0 Å². The summed E-state index contributed by atoms with van der Waals surface area (Å²) in [6.07, 6.45) is 7.50.